The van der Waals surface area contributed by atoms with Crippen molar-refractivity contribution < 1.29 is 19.4 Å². The number of methoxy groups -OCH3 is 1. The zero-order valence-corrected chi connectivity index (χ0v) is 9.36. The van der Waals surface area contributed by atoms with Crippen molar-refractivity contribution in [3.8, 4) is 0 Å². The third kappa shape index (κ3) is 5.09. The number of carboxylic acid groups (broad SMARTS) is 1. The fourth-order valence-electron chi connectivity index (χ4n) is 1.24. The highest BCUT2D eigenvalue weighted by Gasteiger charge is 2.20. The molecule has 0 heterocycles. The molecule has 1 aliphatic carbocycles. The molecular weight excluding hydrogens is 212 g/mol. The molecule has 1 amide bonds. The van der Waals surface area contributed by atoms with Gasteiger partial charge in [0.2, 0.25) is 5.91 Å². The summed E-state index contributed by atoms with van der Waals surface area (Å²) in [5.41, 5.74) is 0. The minimum absolute atomic E-state index is 0.00803. The Bertz CT molecular complexity index is 253. The molecule has 92 valence electrons. The van der Waals surface area contributed by atoms with Gasteiger partial charge in [0.1, 0.15) is 0 Å². The fourth-order valence-corrected chi connectivity index (χ4v) is 1.24. The predicted molar refractivity (Wildman–Crippen MR) is 57.1 cm³/mol. The van der Waals surface area contributed by atoms with Gasteiger partial charge in [0.05, 0.1) is 6.54 Å². The first kappa shape index (κ1) is 12.9. The number of carbonyl (C=O) groups excluding carboxylic acids is 1. The van der Waals surface area contributed by atoms with Gasteiger partial charge < -0.3 is 20.5 Å². The van der Waals surface area contributed by atoms with Gasteiger partial charge in [-0.05, 0) is 12.8 Å². The lowest BCUT2D eigenvalue weighted by Gasteiger charge is -2.11. The number of nitrogens with one attached hydrogen (secondary N) is 2. The number of rotatable bonds is 8. The average Bonchev–Trinajstić information content (AvgIpc) is 3.02. The van der Waals surface area contributed by atoms with Crippen molar-refractivity contribution in [1.82, 2.24) is 10.6 Å². The van der Waals surface area contributed by atoms with E-state index in [-0.39, 0.29) is 12.5 Å². The fraction of sp³-hybridized carbons (Fsp3) is 0.800. The molecule has 6 nitrogen and oxygen atoms in total. The Morgan fingerprint density at radius 3 is 2.69 bits per heavy atom. The van der Waals surface area contributed by atoms with Crippen LogP contribution in [0.4, 0.5) is 0 Å². The van der Waals surface area contributed by atoms with Crippen molar-refractivity contribution in [3.05, 3.63) is 0 Å². The molecule has 1 unspecified atom stereocenters. The van der Waals surface area contributed by atoms with Crippen LogP contribution in [0, 0.1) is 0 Å². The van der Waals surface area contributed by atoms with Crippen LogP contribution < -0.4 is 10.6 Å². The van der Waals surface area contributed by atoms with Crippen LogP contribution in [0.1, 0.15) is 19.3 Å². The molecule has 0 aromatic heterocycles. The molecule has 3 N–H and O–H groups in total. The Labute approximate surface area is 94.3 Å². The summed E-state index contributed by atoms with van der Waals surface area (Å²) < 4.78 is 4.68. The quantitative estimate of drug-likeness (QED) is 0.515. The van der Waals surface area contributed by atoms with E-state index >= 15 is 0 Å². The van der Waals surface area contributed by atoms with Crippen LogP contribution in [-0.2, 0) is 14.3 Å². The Kier molecular flexibility index (Phi) is 5.21. The number of ether oxygens (including phenoxy) is 1. The Morgan fingerprint density at radius 1 is 1.50 bits per heavy atom. The number of carboxylic acids is 1. The second kappa shape index (κ2) is 6.44. The molecule has 0 aromatic rings. The highest BCUT2D eigenvalue weighted by molar-refractivity contribution is 5.78. The molecule has 1 saturated carbocycles. The molecule has 0 aromatic carbocycles. The van der Waals surface area contributed by atoms with Gasteiger partial charge in [-0.15, -0.1) is 0 Å². The standard InChI is InChI=1S/C10H18N2O4/c1-16-8(10(14)15)6-12-9(13)4-5-11-7-2-3-7/h7-8,11H,2-6H2,1H3,(H,12,13)(H,14,15). The van der Waals surface area contributed by atoms with Crippen LogP contribution in [0.25, 0.3) is 0 Å². The van der Waals surface area contributed by atoms with E-state index < -0.39 is 12.1 Å². The van der Waals surface area contributed by atoms with Gasteiger partial charge in [0.25, 0.3) is 0 Å². The van der Waals surface area contributed by atoms with Gasteiger partial charge >= 0.3 is 5.97 Å². The molecule has 0 spiro atoms. The lowest BCUT2D eigenvalue weighted by atomic mass is 10.3. The highest BCUT2D eigenvalue weighted by Crippen LogP contribution is 2.18. The zero-order chi connectivity index (χ0) is 12.0. The molecule has 1 fully saturated rings. The molecule has 6 heteroatoms. The van der Waals surface area contributed by atoms with Crippen LogP contribution in [0.2, 0.25) is 0 Å². The van der Waals surface area contributed by atoms with E-state index in [0.29, 0.717) is 19.0 Å². The van der Waals surface area contributed by atoms with E-state index in [0.717, 1.165) is 0 Å². The van der Waals surface area contributed by atoms with Crippen LogP contribution in [0.3, 0.4) is 0 Å². The summed E-state index contributed by atoms with van der Waals surface area (Å²) in [7, 11) is 1.31. The Hall–Kier alpha value is -1.14. The van der Waals surface area contributed by atoms with Gasteiger partial charge in [-0.1, -0.05) is 0 Å². The first-order valence-electron chi connectivity index (χ1n) is 5.39. The average molecular weight is 230 g/mol. The monoisotopic (exact) mass is 230 g/mol. The van der Waals surface area contributed by atoms with Crippen LogP contribution >= 0.6 is 0 Å². The topological polar surface area (TPSA) is 87.7 Å². The number of aliphatic carboxylic acids is 1. The van der Waals surface area contributed by atoms with E-state index in [9.17, 15) is 9.59 Å². The maximum absolute atomic E-state index is 11.3. The van der Waals surface area contributed by atoms with Crippen molar-refractivity contribution in [2.24, 2.45) is 0 Å². The summed E-state index contributed by atoms with van der Waals surface area (Å²) in [4.78, 5) is 21.9. The minimum atomic E-state index is -1.07. The summed E-state index contributed by atoms with van der Waals surface area (Å²) in [5, 5.41) is 14.4. The molecular formula is C10H18N2O4. The number of carbonyl (C=O) groups is 2. The van der Waals surface area contributed by atoms with Gasteiger partial charge in [-0.25, -0.2) is 4.79 Å². The molecule has 0 bridgehead atoms. The van der Waals surface area contributed by atoms with E-state index in [1.54, 1.807) is 0 Å². The zero-order valence-electron chi connectivity index (χ0n) is 9.36. The SMILES string of the molecule is COC(CNC(=O)CCNC1CC1)C(=O)O. The van der Waals surface area contributed by atoms with E-state index in [4.69, 9.17) is 5.11 Å². The van der Waals surface area contributed by atoms with Crippen molar-refractivity contribution in [3.63, 3.8) is 0 Å². The Balaban J connectivity index is 2.05. The van der Waals surface area contributed by atoms with Crippen LogP contribution in [0.15, 0.2) is 0 Å². The molecule has 1 rings (SSSR count). The number of hydrogen-bond acceptors (Lipinski definition) is 4. The largest absolute Gasteiger partial charge is 0.479 e. The molecule has 16 heavy (non-hydrogen) atoms. The molecule has 0 aliphatic heterocycles. The normalized spacial score (nSPS) is 16.8. The summed E-state index contributed by atoms with van der Waals surface area (Å²) >= 11 is 0. The third-order valence-electron chi connectivity index (χ3n) is 2.41. The lowest BCUT2D eigenvalue weighted by Crippen LogP contribution is -2.38. The van der Waals surface area contributed by atoms with E-state index in [1.807, 2.05) is 0 Å². The molecule has 1 aliphatic rings. The number of amides is 1. The predicted octanol–water partition coefficient (Wildman–Crippen LogP) is -0.656. The van der Waals surface area contributed by atoms with Crippen LogP contribution in [-0.4, -0.2) is 49.3 Å². The minimum Gasteiger partial charge on any atom is -0.479 e. The smallest absolute Gasteiger partial charge is 0.334 e. The van der Waals surface area contributed by atoms with Crippen molar-refractivity contribution >= 4 is 11.9 Å². The summed E-state index contributed by atoms with van der Waals surface area (Å²) in [6.07, 6.45) is 1.77. The maximum Gasteiger partial charge on any atom is 0.334 e. The first-order chi connectivity index (χ1) is 7.63. The van der Waals surface area contributed by atoms with Crippen LogP contribution in [0.5, 0.6) is 0 Å². The van der Waals surface area contributed by atoms with Crippen molar-refractivity contribution in [1.29, 1.82) is 0 Å². The highest BCUT2D eigenvalue weighted by atomic mass is 16.5. The van der Waals surface area contributed by atoms with Gasteiger partial charge in [-0.3, -0.25) is 4.79 Å². The second-order valence-electron chi connectivity index (χ2n) is 3.85. The van der Waals surface area contributed by atoms with Crippen molar-refractivity contribution in [2.75, 3.05) is 20.2 Å². The van der Waals surface area contributed by atoms with E-state index in [1.165, 1.54) is 20.0 Å². The Morgan fingerprint density at radius 2 is 2.19 bits per heavy atom. The molecule has 1 atom stereocenters. The van der Waals surface area contributed by atoms with Crippen molar-refractivity contribution in [2.45, 2.75) is 31.4 Å². The van der Waals surface area contributed by atoms with Gasteiger partial charge in [-0.2, -0.15) is 0 Å². The van der Waals surface area contributed by atoms with E-state index in [2.05, 4.69) is 15.4 Å². The maximum atomic E-state index is 11.3. The summed E-state index contributed by atoms with van der Waals surface area (Å²) in [6.45, 7) is 0.648. The number of hydrogen-bond donors (Lipinski definition) is 3. The summed E-state index contributed by atoms with van der Waals surface area (Å²) in [5.74, 6) is -1.23. The first-order valence-corrected chi connectivity index (χ1v) is 5.39. The molecule has 0 saturated heterocycles. The lowest BCUT2D eigenvalue weighted by molar-refractivity contribution is -0.148. The summed E-state index contributed by atoms with van der Waals surface area (Å²) in [6, 6.07) is 0.582. The molecule has 0 radical (unpaired) electrons. The van der Waals surface area contributed by atoms with Gasteiger partial charge in [0, 0.05) is 26.1 Å². The second-order valence-corrected chi connectivity index (χ2v) is 3.85. The van der Waals surface area contributed by atoms with Gasteiger partial charge in [0.15, 0.2) is 6.10 Å². The third-order valence-corrected chi connectivity index (χ3v) is 2.41.